The predicted octanol–water partition coefficient (Wildman–Crippen LogP) is 3.72. The summed E-state index contributed by atoms with van der Waals surface area (Å²) >= 11 is 3.26. The van der Waals surface area contributed by atoms with Gasteiger partial charge in [0, 0.05) is 11.0 Å². The van der Waals surface area contributed by atoms with E-state index in [0.717, 1.165) is 0 Å². The molecule has 0 heterocycles. The Labute approximate surface area is 91.4 Å². The van der Waals surface area contributed by atoms with Crippen molar-refractivity contribution < 1.29 is 9.50 Å². The zero-order valence-electron chi connectivity index (χ0n) is 8.14. The van der Waals surface area contributed by atoms with E-state index in [2.05, 4.69) is 22.5 Å². The van der Waals surface area contributed by atoms with E-state index < -0.39 is 5.41 Å². The number of phenolic OH excluding ortho intramolecular Hbond substituents is 1. The van der Waals surface area contributed by atoms with Crippen molar-refractivity contribution in [1.29, 1.82) is 0 Å². The second-order valence-electron chi connectivity index (χ2n) is 3.69. The van der Waals surface area contributed by atoms with Crippen molar-refractivity contribution in [1.82, 2.24) is 0 Å². The average molecular weight is 259 g/mol. The first-order chi connectivity index (χ1) is 6.35. The van der Waals surface area contributed by atoms with E-state index in [9.17, 15) is 9.50 Å². The molecule has 3 heteroatoms. The molecule has 0 saturated heterocycles. The van der Waals surface area contributed by atoms with Crippen molar-refractivity contribution in [3.8, 4) is 5.75 Å². The van der Waals surface area contributed by atoms with Crippen LogP contribution in [0.5, 0.6) is 5.75 Å². The van der Waals surface area contributed by atoms with Crippen LogP contribution in [0, 0.1) is 5.82 Å². The van der Waals surface area contributed by atoms with Gasteiger partial charge in [-0.15, -0.1) is 0 Å². The minimum Gasteiger partial charge on any atom is -0.508 e. The fraction of sp³-hybridized carbons (Fsp3) is 0.273. The summed E-state index contributed by atoms with van der Waals surface area (Å²) in [5, 5.41) is 9.59. The van der Waals surface area contributed by atoms with Crippen molar-refractivity contribution >= 4 is 15.9 Å². The normalized spacial score (nSPS) is 11.4. The maximum atomic E-state index is 13.0. The van der Waals surface area contributed by atoms with Gasteiger partial charge in [-0.05, 0) is 22.7 Å². The van der Waals surface area contributed by atoms with Crippen LogP contribution in [0.1, 0.15) is 19.4 Å². The molecule has 14 heavy (non-hydrogen) atoms. The molecule has 0 aromatic heterocycles. The minimum absolute atomic E-state index is 0.0806. The third-order valence-corrected chi connectivity index (χ3v) is 3.30. The zero-order chi connectivity index (χ0) is 10.9. The Morgan fingerprint density at radius 3 is 2.57 bits per heavy atom. The second-order valence-corrected chi connectivity index (χ2v) is 4.65. The van der Waals surface area contributed by atoms with Crippen molar-refractivity contribution in [3.05, 3.63) is 40.6 Å². The fourth-order valence-electron chi connectivity index (χ4n) is 1.15. The van der Waals surface area contributed by atoms with E-state index in [4.69, 9.17) is 0 Å². The highest BCUT2D eigenvalue weighted by molar-refractivity contribution is 9.11. The summed E-state index contributed by atoms with van der Waals surface area (Å²) in [5.74, 6) is -0.281. The van der Waals surface area contributed by atoms with Crippen molar-refractivity contribution in [2.45, 2.75) is 19.3 Å². The first-order valence-corrected chi connectivity index (χ1v) is 4.99. The quantitative estimate of drug-likeness (QED) is 0.858. The molecule has 0 radical (unpaired) electrons. The molecule has 1 rings (SSSR count). The van der Waals surface area contributed by atoms with Crippen LogP contribution in [0.4, 0.5) is 4.39 Å². The first-order valence-electron chi connectivity index (χ1n) is 4.19. The predicted molar refractivity (Wildman–Crippen MR) is 59.2 cm³/mol. The molecule has 0 unspecified atom stereocenters. The summed E-state index contributed by atoms with van der Waals surface area (Å²) in [6.45, 7) is 7.48. The van der Waals surface area contributed by atoms with Crippen molar-refractivity contribution in [2.24, 2.45) is 0 Å². The van der Waals surface area contributed by atoms with Crippen LogP contribution >= 0.6 is 15.9 Å². The smallest absolute Gasteiger partial charge is 0.123 e. The number of phenols is 1. The van der Waals surface area contributed by atoms with Gasteiger partial charge < -0.3 is 5.11 Å². The average Bonchev–Trinajstić information content (AvgIpc) is 2.08. The van der Waals surface area contributed by atoms with Gasteiger partial charge in [0.1, 0.15) is 11.6 Å². The Bertz CT molecular complexity index is 372. The van der Waals surface area contributed by atoms with Gasteiger partial charge in [-0.2, -0.15) is 0 Å². The van der Waals surface area contributed by atoms with Gasteiger partial charge in [0.15, 0.2) is 0 Å². The van der Waals surface area contributed by atoms with E-state index in [0.29, 0.717) is 10.0 Å². The number of hydrogen-bond donors (Lipinski definition) is 1. The van der Waals surface area contributed by atoms with E-state index in [1.54, 1.807) is 0 Å². The Balaban J connectivity index is 3.31. The molecular weight excluding hydrogens is 247 g/mol. The fourth-order valence-corrected chi connectivity index (χ4v) is 1.37. The maximum absolute atomic E-state index is 13.0. The number of rotatable bonds is 2. The lowest BCUT2D eigenvalue weighted by Gasteiger charge is -2.25. The van der Waals surface area contributed by atoms with Crippen LogP contribution in [-0.2, 0) is 5.41 Å². The van der Waals surface area contributed by atoms with Crippen LogP contribution in [-0.4, -0.2) is 5.11 Å². The Kier molecular flexibility index (Phi) is 3.00. The molecule has 0 aliphatic heterocycles. The van der Waals surface area contributed by atoms with Gasteiger partial charge in [-0.1, -0.05) is 36.4 Å². The number of allylic oxidation sites excluding steroid dienone is 1. The second kappa shape index (κ2) is 3.73. The third kappa shape index (κ3) is 1.98. The highest BCUT2D eigenvalue weighted by atomic mass is 79.9. The Hall–Kier alpha value is -0.830. The van der Waals surface area contributed by atoms with Crippen LogP contribution < -0.4 is 0 Å². The topological polar surface area (TPSA) is 20.2 Å². The van der Waals surface area contributed by atoms with Crippen LogP contribution in [0.25, 0.3) is 0 Å². The van der Waals surface area contributed by atoms with Gasteiger partial charge in [-0.25, -0.2) is 4.39 Å². The summed E-state index contributed by atoms with van der Waals surface area (Å²) in [5.41, 5.74) is 0.0333. The molecule has 1 N–H and O–H groups in total. The van der Waals surface area contributed by atoms with Crippen molar-refractivity contribution in [3.63, 3.8) is 0 Å². The molecule has 0 amide bonds. The number of benzene rings is 1. The first kappa shape index (κ1) is 11.2. The van der Waals surface area contributed by atoms with E-state index in [1.807, 2.05) is 13.8 Å². The Morgan fingerprint density at radius 2 is 2.07 bits per heavy atom. The third-order valence-electron chi connectivity index (χ3n) is 2.31. The van der Waals surface area contributed by atoms with Gasteiger partial charge in [-0.3, -0.25) is 0 Å². The molecule has 0 aliphatic rings. The van der Waals surface area contributed by atoms with Crippen LogP contribution in [0.15, 0.2) is 29.3 Å². The highest BCUT2D eigenvalue weighted by Crippen LogP contribution is 2.38. The summed E-state index contributed by atoms with van der Waals surface area (Å²) in [7, 11) is 0. The summed E-state index contributed by atoms with van der Waals surface area (Å²) in [6.07, 6.45) is 0. The molecule has 0 saturated carbocycles. The Morgan fingerprint density at radius 1 is 1.50 bits per heavy atom. The van der Waals surface area contributed by atoms with E-state index in [-0.39, 0.29) is 11.6 Å². The highest BCUT2D eigenvalue weighted by Gasteiger charge is 2.26. The molecule has 1 aromatic carbocycles. The molecule has 0 atom stereocenters. The zero-order valence-corrected chi connectivity index (χ0v) is 9.73. The number of aromatic hydroxyl groups is 1. The standard InChI is InChI=1S/C11H12BrFO/c1-7(12)11(2,3)9-6-8(13)4-5-10(9)14/h4-6,14H,1H2,2-3H3. The van der Waals surface area contributed by atoms with Crippen LogP contribution in [0.3, 0.4) is 0 Å². The molecule has 0 spiro atoms. The minimum atomic E-state index is -0.494. The SMILES string of the molecule is C=C(Br)C(C)(C)c1cc(F)ccc1O. The summed E-state index contributed by atoms with van der Waals surface area (Å²) in [4.78, 5) is 0. The van der Waals surface area contributed by atoms with Gasteiger partial charge >= 0.3 is 0 Å². The lowest BCUT2D eigenvalue weighted by molar-refractivity contribution is 0.451. The monoisotopic (exact) mass is 258 g/mol. The molecule has 0 bridgehead atoms. The summed E-state index contributed by atoms with van der Waals surface area (Å²) < 4.78 is 13.7. The molecule has 0 aliphatic carbocycles. The van der Waals surface area contributed by atoms with E-state index >= 15 is 0 Å². The van der Waals surface area contributed by atoms with Crippen molar-refractivity contribution in [2.75, 3.05) is 0 Å². The van der Waals surface area contributed by atoms with Gasteiger partial charge in [0.05, 0.1) is 0 Å². The number of halogens is 2. The lowest BCUT2D eigenvalue weighted by atomic mass is 9.84. The summed E-state index contributed by atoms with van der Waals surface area (Å²) in [6, 6.07) is 3.90. The maximum Gasteiger partial charge on any atom is 0.123 e. The number of hydrogen-bond acceptors (Lipinski definition) is 1. The molecule has 76 valence electrons. The molecular formula is C11H12BrFO. The molecule has 0 fully saturated rings. The molecule has 1 aromatic rings. The lowest BCUT2D eigenvalue weighted by Crippen LogP contribution is -2.17. The largest absolute Gasteiger partial charge is 0.508 e. The van der Waals surface area contributed by atoms with E-state index in [1.165, 1.54) is 18.2 Å². The van der Waals surface area contributed by atoms with Crippen LogP contribution in [0.2, 0.25) is 0 Å². The van der Waals surface area contributed by atoms with Gasteiger partial charge in [0.2, 0.25) is 0 Å². The molecule has 1 nitrogen and oxygen atoms in total. The van der Waals surface area contributed by atoms with Gasteiger partial charge in [0.25, 0.3) is 0 Å².